The van der Waals surface area contributed by atoms with Gasteiger partial charge in [0.2, 0.25) is 10.0 Å². The van der Waals surface area contributed by atoms with E-state index in [2.05, 4.69) is 15.8 Å². The maximum Gasteiger partial charge on any atom is 0.214 e. The fourth-order valence-corrected chi connectivity index (χ4v) is 5.56. The number of nitrogens with zero attached hydrogens (tertiary/aromatic N) is 3. The third-order valence-corrected chi connectivity index (χ3v) is 7.09. The molecule has 0 atom stereocenters. The summed E-state index contributed by atoms with van der Waals surface area (Å²) in [7, 11) is -3.16. The first-order chi connectivity index (χ1) is 11.6. The van der Waals surface area contributed by atoms with Crippen molar-refractivity contribution < 1.29 is 8.42 Å². The van der Waals surface area contributed by atoms with Gasteiger partial charge in [-0.15, -0.1) is 6.42 Å². The van der Waals surface area contributed by atoms with Gasteiger partial charge in [-0.1, -0.05) is 25.2 Å². The van der Waals surface area contributed by atoms with Crippen molar-refractivity contribution in [2.75, 3.05) is 36.8 Å². The van der Waals surface area contributed by atoms with E-state index in [0.29, 0.717) is 37.8 Å². The molecule has 2 heterocycles. The van der Waals surface area contributed by atoms with Crippen molar-refractivity contribution in [3.8, 4) is 12.3 Å². The zero-order valence-electron chi connectivity index (χ0n) is 14.0. The molecule has 0 N–H and O–H groups in total. The van der Waals surface area contributed by atoms with Crippen molar-refractivity contribution in [1.82, 2.24) is 9.29 Å². The fourth-order valence-electron chi connectivity index (χ4n) is 3.70. The molecule has 0 amide bonds. The van der Waals surface area contributed by atoms with Crippen LogP contribution in [0.25, 0.3) is 0 Å². The molecule has 130 valence electrons. The normalized spacial score (nSPS) is 20.7. The lowest BCUT2D eigenvalue weighted by Crippen LogP contribution is -2.50. The number of aromatic nitrogens is 1. The quantitative estimate of drug-likeness (QED) is 0.783. The van der Waals surface area contributed by atoms with E-state index in [1.54, 1.807) is 10.5 Å². The second kappa shape index (κ2) is 7.54. The van der Waals surface area contributed by atoms with Crippen LogP contribution in [-0.2, 0) is 10.0 Å². The molecule has 1 aromatic heterocycles. The van der Waals surface area contributed by atoms with Crippen molar-refractivity contribution in [3.05, 3.63) is 23.9 Å². The molecule has 2 aliphatic rings. The molecule has 1 aromatic rings. The van der Waals surface area contributed by atoms with Crippen LogP contribution >= 0.6 is 0 Å². The molecule has 0 spiro atoms. The first-order valence-electron chi connectivity index (χ1n) is 8.74. The molecular formula is C18H25N3O2S. The van der Waals surface area contributed by atoms with Gasteiger partial charge >= 0.3 is 0 Å². The molecule has 0 radical (unpaired) electrons. The summed E-state index contributed by atoms with van der Waals surface area (Å²) < 4.78 is 27.0. The molecule has 0 unspecified atom stereocenters. The minimum atomic E-state index is -3.16. The lowest BCUT2D eigenvalue weighted by atomic mass is 9.91. The highest BCUT2D eigenvalue weighted by molar-refractivity contribution is 7.89. The standard InChI is InChI=1S/C18H25N3O2S/c1-2-17-9-6-10-19-18(17)20-11-13-21(14-12-20)24(22,23)15-16-7-4-3-5-8-16/h1,6,9-10,16H,3-5,7-8,11-15H2. The second-order valence-electron chi connectivity index (χ2n) is 6.69. The van der Waals surface area contributed by atoms with Gasteiger partial charge in [-0.25, -0.2) is 13.4 Å². The number of terminal acetylenes is 1. The largest absolute Gasteiger partial charge is 0.353 e. The van der Waals surface area contributed by atoms with Gasteiger partial charge in [-0.2, -0.15) is 4.31 Å². The molecule has 3 rings (SSSR count). The Morgan fingerprint density at radius 3 is 2.54 bits per heavy atom. The van der Waals surface area contributed by atoms with Crippen molar-refractivity contribution in [1.29, 1.82) is 0 Å². The minimum Gasteiger partial charge on any atom is -0.353 e. The van der Waals surface area contributed by atoms with Gasteiger partial charge in [0.1, 0.15) is 5.82 Å². The highest BCUT2D eigenvalue weighted by atomic mass is 32.2. The molecule has 1 saturated heterocycles. The molecule has 1 aliphatic carbocycles. The Balaban J connectivity index is 1.61. The van der Waals surface area contributed by atoms with Crippen LogP contribution in [-0.4, -0.2) is 49.6 Å². The lowest BCUT2D eigenvalue weighted by molar-refractivity contribution is 0.355. The van der Waals surface area contributed by atoms with Crippen LogP contribution in [0.15, 0.2) is 18.3 Å². The summed E-state index contributed by atoms with van der Waals surface area (Å²) in [6, 6.07) is 3.69. The van der Waals surface area contributed by atoms with Crippen molar-refractivity contribution in [3.63, 3.8) is 0 Å². The summed E-state index contributed by atoms with van der Waals surface area (Å²) >= 11 is 0. The van der Waals surface area contributed by atoms with Gasteiger partial charge in [0.25, 0.3) is 0 Å². The predicted octanol–water partition coefficient (Wildman–Crippen LogP) is 2.09. The van der Waals surface area contributed by atoms with Crippen molar-refractivity contribution in [2.45, 2.75) is 32.1 Å². The van der Waals surface area contributed by atoms with E-state index in [1.165, 1.54) is 19.3 Å². The Hall–Kier alpha value is -1.58. The first-order valence-corrected chi connectivity index (χ1v) is 10.4. The summed E-state index contributed by atoms with van der Waals surface area (Å²) in [6.07, 6.45) is 13.0. The highest BCUT2D eigenvalue weighted by Crippen LogP contribution is 2.26. The molecule has 2 fully saturated rings. The van der Waals surface area contributed by atoms with Gasteiger partial charge in [0.15, 0.2) is 0 Å². The van der Waals surface area contributed by atoms with E-state index in [9.17, 15) is 8.42 Å². The molecule has 6 heteroatoms. The Morgan fingerprint density at radius 1 is 1.17 bits per heavy atom. The van der Waals surface area contributed by atoms with Crippen LogP contribution in [0, 0.1) is 18.3 Å². The van der Waals surface area contributed by atoms with E-state index in [1.807, 2.05) is 12.1 Å². The average Bonchev–Trinajstić information content (AvgIpc) is 2.62. The topological polar surface area (TPSA) is 53.5 Å². The van der Waals surface area contributed by atoms with Crippen LogP contribution in [0.5, 0.6) is 0 Å². The van der Waals surface area contributed by atoms with E-state index < -0.39 is 10.0 Å². The SMILES string of the molecule is C#Cc1cccnc1N1CCN(S(=O)(=O)CC2CCCCC2)CC1. The summed E-state index contributed by atoms with van der Waals surface area (Å²) in [5.41, 5.74) is 0.760. The van der Waals surface area contributed by atoms with Crippen molar-refractivity contribution >= 4 is 15.8 Å². The molecule has 24 heavy (non-hydrogen) atoms. The van der Waals surface area contributed by atoms with Gasteiger partial charge in [-0.05, 0) is 30.9 Å². The van der Waals surface area contributed by atoms with E-state index in [4.69, 9.17) is 6.42 Å². The Bertz CT molecular complexity index is 697. The molecule has 1 aliphatic heterocycles. The van der Waals surface area contributed by atoms with E-state index >= 15 is 0 Å². The summed E-state index contributed by atoms with van der Waals surface area (Å²) in [4.78, 5) is 6.45. The predicted molar refractivity (Wildman–Crippen MR) is 96.3 cm³/mol. The third-order valence-electron chi connectivity index (χ3n) is 5.04. The van der Waals surface area contributed by atoms with E-state index in [-0.39, 0.29) is 0 Å². The highest BCUT2D eigenvalue weighted by Gasteiger charge is 2.30. The summed E-state index contributed by atoms with van der Waals surface area (Å²) in [5, 5.41) is 0. The van der Waals surface area contributed by atoms with Crippen LogP contribution in [0.3, 0.4) is 0 Å². The van der Waals surface area contributed by atoms with Gasteiger partial charge in [0.05, 0.1) is 11.3 Å². The molecule has 0 aromatic carbocycles. The number of hydrogen-bond donors (Lipinski definition) is 0. The molecule has 0 bridgehead atoms. The first kappa shape index (κ1) is 17.2. The van der Waals surface area contributed by atoms with Gasteiger partial charge < -0.3 is 4.90 Å². The number of hydrogen-bond acceptors (Lipinski definition) is 4. The van der Waals surface area contributed by atoms with Crippen LogP contribution in [0.2, 0.25) is 0 Å². The molecular weight excluding hydrogens is 322 g/mol. The summed E-state index contributed by atoms with van der Waals surface area (Å²) in [5.74, 6) is 4.08. The smallest absolute Gasteiger partial charge is 0.214 e. The number of piperazine rings is 1. The van der Waals surface area contributed by atoms with E-state index in [0.717, 1.165) is 24.2 Å². The maximum absolute atomic E-state index is 12.7. The molecule has 1 saturated carbocycles. The lowest BCUT2D eigenvalue weighted by Gasteiger charge is -2.36. The zero-order chi connectivity index (χ0) is 17.0. The Kier molecular flexibility index (Phi) is 5.42. The van der Waals surface area contributed by atoms with Gasteiger partial charge in [-0.3, -0.25) is 0 Å². The maximum atomic E-state index is 12.7. The van der Waals surface area contributed by atoms with Crippen LogP contribution in [0.4, 0.5) is 5.82 Å². The van der Waals surface area contributed by atoms with Gasteiger partial charge in [0, 0.05) is 32.4 Å². The number of sulfonamides is 1. The number of anilines is 1. The third kappa shape index (κ3) is 3.90. The van der Waals surface area contributed by atoms with Crippen LogP contribution < -0.4 is 4.90 Å². The zero-order valence-corrected chi connectivity index (χ0v) is 14.8. The fraction of sp³-hybridized carbons (Fsp3) is 0.611. The average molecular weight is 347 g/mol. The van der Waals surface area contributed by atoms with Crippen LogP contribution in [0.1, 0.15) is 37.7 Å². The minimum absolute atomic E-state index is 0.312. The number of rotatable bonds is 4. The molecule has 5 nitrogen and oxygen atoms in total. The number of pyridine rings is 1. The van der Waals surface area contributed by atoms with Crippen molar-refractivity contribution in [2.24, 2.45) is 5.92 Å². The monoisotopic (exact) mass is 347 g/mol. The Morgan fingerprint density at radius 2 is 1.88 bits per heavy atom. The second-order valence-corrected chi connectivity index (χ2v) is 8.70. The Labute approximate surface area is 145 Å². The summed E-state index contributed by atoms with van der Waals surface area (Å²) in [6.45, 7) is 2.29.